The molecule has 0 spiro atoms. The predicted octanol–water partition coefficient (Wildman–Crippen LogP) is 4.43. The Kier molecular flexibility index (Phi) is 10.4. The van der Waals surface area contributed by atoms with Crippen LogP contribution in [0.5, 0.6) is 0 Å². The van der Waals surface area contributed by atoms with Gasteiger partial charge in [-0.15, -0.1) is 0 Å². The average molecular weight is 584 g/mol. The lowest BCUT2D eigenvalue weighted by molar-refractivity contribution is -0.192. The number of rotatable bonds is 7. The van der Waals surface area contributed by atoms with Crippen molar-refractivity contribution in [2.24, 2.45) is 5.92 Å². The standard InChI is InChI=1S/C25H29F2N5O2.C2HF3O2/c1-32(2)23-20-5-3-4-6-21(20)30-25(31-23)29-19-9-7-15(8-10-19)14-28-24(34)22(33)16-11-17(26)13-18(27)12-16;3-2(4,5)1(6)7/h3-6,11-13,15,19,22,33H,7-10,14H2,1-2H3,(H,28,34)(H,29,30,31);(H,6,7)/t15-,19+,22?;. The van der Waals surface area contributed by atoms with Crippen LogP contribution in [-0.4, -0.2) is 64.9 Å². The van der Waals surface area contributed by atoms with Crippen molar-refractivity contribution in [3.8, 4) is 0 Å². The maximum Gasteiger partial charge on any atom is 0.490 e. The van der Waals surface area contributed by atoms with Gasteiger partial charge in [0, 0.05) is 38.1 Å². The van der Waals surface area contributed by atoms with Gasteiger partial charge in [-0.05, 0) is 61.4 Å². The molecule has 14 heteroatoms. The van der Waals surface area contributed by atoms with Crippen LogP contribution in [0, 0.1) is 17.6 Å². The number of carboxylic acids is 1. The second-order valence-electron chi connectivity index (χ2n) is 9.80. The SMILES string of the molecule is CN(C)c1nc(N[C@H]2CC[C@@H](CNC(=O)C(O)c3cc(F)cc(F)c3)CC2)nc2ccccc12.O=C(O)C(F)(F)F. The normalized spacial score (nSPS) is 17.7. The summed E-state index contributed by atoms with van der Waals surface area (Å²) >= 11 is 0. The van der Waals surface area contributed by atoms with E-state index in [0.717, 1.165) is 54.5 Å². The van der Waals surface area contributed by atoms with Gasteiger partial charge in [0.15, 0.2) is 6.10 Å². The second-order valence-corrected chi connectivity index (χ2v) is 9.80. The van der Waals surface area contributed by atoms with E-state index in [1.165, 1.54) is 0 Å². The number of aromatic nitrogens is 2. The fourth-order valence-corrected chi connectivity index (χ4v) is 4.38. The zero-order chi connectivity index (χ0) is 30.3. The lowest BCUT2D eigenvalue weighted by atomic mass is 9.86. The molecule has 2 aromatic carbocycles. The smallest absolute Gasteiger partial charge is 0.475 e. The average Bonchev–Trinajstić information content (AvgIpc) is 2.90. The number of aliphatic carboxylic acids is 1. The van der Waals surface area contributed by atoms with Crippen LogP contribution in [-0.2, 0) is 9.59 Å². The number of benzene rings is 2. The van der Waals surface area contributed by atoms with Gasteiger partial charge in [0.25, 0.3) is 5.91 Å². The Morgan fingerprint density at radius 2 is 1.61 bits per heavy atom. The van der Waals surface area contributed by atoms with Gasteiger partial charge < -0.3 is 25.7 Å². The van der Waals surface area contributed by atoms with Crippen molar-refractivity contribution in [3.05, 3.63) is 59.7 Å². The zero-order valence-electron chi connectivity index (χ0n) is 22.3. The minimum Gasteiger partial charge on any atom is -0.475 e. The molecule has 4 N–H and O–H groups in total. The Morgan fingerprint density at radius 3 is 2.17 bits per heavy atom. The Balaban J connectivity index is 0.000000587. The van der Waals surface area contributed by atoms with Crippen LogP contribution in [0.2, 0.25) is 0 Å². The van der Waals surface area contributed by atoms with E-state index in [9.17, 15) is 31.9 Å². The summed E-state index contributed by atoms with van der Waals surface area (Å²) in [4.78, 5) is 32.5. The van der Waals surface area contributed by atoms with E-state index in [1.807, 2.05) is 43.3 Å². The second kappa shape index (κ2) is 13.5. The van der Waals surface area contributed by atoms with E-state index in [2.05, 4.69) is 15.6 Å². The number of amides is 1. The monoisotopic (exact) mass is 583 g/mol. The maximum atomic E-state index is 13.4. The van der Waals surface area contributed by atoms with Gasteiger partial charge in [0.05, 0.1) is 5.52 Å². The maximum absolute atomic E-state index is 13.4. The van der Waals surface area contributed by atoms with Gasteiger partial charge in [-0.25, -0.2) is 18.6 Å². The lowest BCUT2D eigenvalue weighted by Crippen LogP contribution is -2.36. The lowest BCUT2D eigenvalue weighted by Gasteiger charge is -2.29. The summed E-state index contributed by atoms with van der Waals surface area (Å²) in [5.74, 6) is -3.36. The molecule has 1 saturated carbocycles. The van der Waals surface area contributed by atoms with Crippen LogP contribution in [0.1, 0.15) is 37.4 Å². The van der Waals surface area contributed by atoms with Crippen LogP contribution in [0.25, 0.3) is 10.9 Å². The first-order valence-corrected chi connectivity index (χ1v) is 12.7. The van der Waals surface area contributed by atoms with Crippen molar-refractivity contribution >= 4 is 34.5 Å². The number of anilines is 2. The Labute approximate surface area is 232 Å². The summed E-state index contributed by atoms with van der Waals surface area (Å²) in [5, 5.41) is 24.4. The molecule has 1 aliphatic rings. The summed E-state index contributed by atoms with van der Waals surface area (Å²) in [5.41, 5.74) is 0.784. The molecule has 1 aromatic heterocycles. The van der Waals surface area contributed by atoms with Crippen LogP contribution < -0.4 is 15.5 Å². The first kappa shape index (κ1) is 31.5. The van der Waals surface area contributed by atoms with Gasteiger partial charge >= 0.3 is 12.1 Å². The van der Waals surface area contributed by atoms with Gasteiger partial charge in [-0.3, -0.25) is 4.79 Å². The van der Waals surface area contributed by atoms with Gasteiger partial charge in [0.2, 0.25) is 5.95 Å². The van der Waals surface area contributed by atoms with Crippen LogP contribution >= 0.6 is 0 Å². The molecule has 1 aliphatic carbocycles. The number of carbonyl (C=O) groups excluding carboxylic acids is 1. The van der Waals surface area contributed by atoms with Crippen molar-refractivity contribution in [2.45, 2.75) is 44.0 Å². The van der Waals surface area contributed by atoms with Crippen molar-refractivity contribution in [3.63, 3.8) is 0 Å². The molecule has 3 aromatic rings. The molecule has 4 rings (SSSR count). The molecule has 1 fully saturated rings. The molecule has 9 nitrogen and oxygen atoms in total. The topological polar surface area (TPSA) is 128 Å². The number of carboxylic acid groups (broad SMARTS) is 1. The number of nitrogens with one attached hydrogen (secondary N) is 2. The fraction of sp³-hybridized carbons (Fsp3) is 0.407. The highest BCUT2D eigenvalue weighted by molar-refractivity contribution is 5.90. The number of fused-ring (bicyclic) bond motifs is 1. The third kappa shape index (κ3) is 8.96. The molecule has 222 valence electrons. The van der Waals surface area contributed by atoms with E-state index in [1.54, 1.807) is 0 Å². The molecular formula is C27H30F5N5O4. The number of nitrogens with zero attached hydrogens (tertiary/aromatic N) is 3. The van der Waals surface area contributed by atoms with E-state index < -0.39 is 35.8 Å². The van der Waals surface area contributed by atoms with E-state index >= 15 is 0 Å². The van der Waals surface area contributed by atoms with E-state index in [0.29, 0.717) is 18.6 Å². The molecule has 1 amide bonds. The minimum absolute atomic E-state index is 0.101. The van der Waals surface area contributed by atoms with Crippen molar-refractivity contribution in [1.82, 2.24) is 15.3 Å². The number of halogens is 5. The molecule has 0 saturated heterocycles. The zero-order valence-corrected chi connectivity index (χ0v) is 22.3. The van der Waals surface area contributed by atoms with E-state index in [-0.39, 0.29) is 17.5 Å². The number of para-hydroxylation sites is 1. The number of hydrogen-bond acceptors (Lipinski definition) is 7. The molecule has 1 heterocycles. The highest BCUT2D eigenvalue weighted by Gasteiger charge is 2.38. The number of aliphatic hydroxyl groups excluding tert-OH is 1. The first-order valence-electron chi connectivity index (χ1n) is 12.7. The van der Waals surface area contributed by atoms with Crippen LogP contribution in [0.4, 0.5) is 33.7 Å². The molecule has 41 heavy (non-hydrogen) atoms. The third-order valence-electron chi connectivity index (χ3n) is 6.44. The summed E-state index contributed by atoms with van der Waals surface area (Å²) in [6, 6.07) is 10.8. The number of aliphatic hydroxyl groups is 1. The van der Waals surface area contributed by atoms with Crippen LogP contribution in [0.15, 0.2) is 42.5 Å². The van der Waals surface area contributed by atoms with Crippen molar-refractivity contribution in [2.75, 3.05) is 30.9 Å². The highest BCUT2D eigenvalue weighted by Crippen LogP contribution is 2.28. The Bertz CT molecular complexity index is 1340. The van der Waals surface area contributed by atoms with Crippen molar-refractivity contribution < 1.29 is 41.8 Å². The Hall–Kier alpha value is -4.07. The molecular weight excluding hydrogens is 553 g/mol. The number of alkyl halides is 3. The fourth-order valence-electron chi connectivity index (χ4n) is 4.38. The Morgan fingerprint density at radius 1 is 1.02 bits per heavy atom. The van der Waals surface area contributed by atoms with E-state index in [4.69, 9.17) is 14.9 Å². The molecule has 0 radical (unpaired) electrons. The summed E-state index contributed by atoms with van der Waals surface area (Å²) < 4.78 is 58.5. The minimum atomic E-state index is -5.08. The first-order chi connectivity index (χ1) is 19.2. The van der Waals surface area contributed by atoms with Crippen LogP contribution in [0.3, 0.4) is 0 Å². The number of hydrogen-bond donors (Lipinski definition) is 4. The molecule has 0 aliphatic heterocycles. The predicted molar refractivity (Wildman–Crippen MR) is 141 cm³/mol. The summed E-state index contributed by atoms with van der Waals surface area (Å²) in [6.07, 6.45) is -3.13. The third-order valence-corrected chi connectivity index (χ3v) is 6.44. The highest BCUT2D eigenvalue weighted by atomic mass is 19.4. The number of carbonyl (C=O) groups is 2. The molecule has 1 atom stereocenters. The van der Waals surface area contributed by atoms with Gasteiger partial charge in [-0.2, -0.15) is 18.2 Å². The quantitative estimate of drug-likeness (QED) is 0.301. The molecule has 1 unspecified atom stereocenters. The summed E-state index contributed by atoms with van der Waals surface area (Å²) in [6.45, 7) is 0.400. The van der Waals surface area contributed by atoms with Gasteiger partial charge in [0.1, 0.15) is 17.5 Å². The van der Waals surface area contributed by atoms with Gasteiger partial charge in [-0.1, -0.05) is 12.1 Å². The largest absolute Gasteiger partial charge is 0.490 e. The van der Waals surface area contributed by atoms with Crippen molar-refractivity contribution in [1.29, 1.82) is 0 Å². The molecule has 0 bridgehead atoms. The summed E-state index contributed by atoms with van der Waals surface area (Å²) in [7, 11) is 3.92.